The second-order valence-corrected chi connectivity index (χ2v) is 6.11. The Balaban J connectivity index is 1.73. The lowest BCUT2D eigenvalue weighted by atomic mass is 10.1. The topological polar surface area (TPSA) is 37.0 Å². The molecule has 1 aromatic heterocycles. The molecule has 1 amide bonds. The molecule has 3 heterocycles. The highest BCUT2D eigenvalue weighted by molar-refractivity contribution is 6.03. The summed E-state index contributed by atoms with van der Waals surface area (Å²) in [5.41, 5.74) is 5.18. The van der Waals surface area contributed by atoms with E-state index < -0.39 is 0 Å². The van der Waals surface area contributed by atoms with Crippen LogP contribution in [-0.2, 0) is 11.2 Å². The van der Waals surface area contributed by atoms with E-state index in [2.05, 4.69) is 46.4 Å². The summed E-state index contributed by atoms with van der Waals surface area (Å²) < 4.78 is 4.17. The van der Waals surface area contributed by atoms with Crippen molar-refractivity contribution in [2.24, 2.45) is 0 Å². The Hall–Kier alpha value is -3.14. The Morgan fingerprint density at radius 2 is 1.83 bits per heavy atom. The number of aromatic nitrogens is 1. The summed E-state index contributed by atoms with van der Waals surface area (Å²) in [4.78, 5) is 12.6. The van der Waals surface area contributed by atoms with Gasteiger partial charge in [0.15, 0.2) is 6.21 Å². The fourth-order valence-corrected chi connectivity index (χ4v) is 3.65. The van der Waals surface area contributed by atoms with Crippen LogP contribution in [0.1, 0.15) is 5.56 Å². The van der Waals surface area contributed by atoms with Crippen molar-refractivity contribution < 1.29 is 9.37 Å². The van der Waals surface area contributed by atoms with Crippen LogP contribution in [0.15, 0.2) is 66.5 Å². The normalized spacial score (nSPS) is 16.5. The molecule has 24 heavy (non-hydrogen) atoms. The summed E-state index contributed by atoms with van der Waals surface area (Å²) >= 11 is 0. The monoisotopic (exact) mass is 314 g/mol. The second-order valence-electron chi connectivity index (χ2n) is 6.11. The number of nitrogens with one attached hydrogen (secondary N) is 1. The van der Waals surface area contributed by atoms with Gasteiger partial charge in [-0.1, -0.05) is 36.4 Å². The summed E-state index contributed by atoms with van der Waals surface area (Å²) in [7, 11) is 0. The molecule has 0 radical (unpaired) electrons. The molecular formula is C20H16N3O+. The van der Waals surface area contributed by atoms with E-state index in [1.807, 2.05) is 35.0 Å². The fourth-order valence-electron chi connectivity index (χ4n) is 3.65. The molecule has 0 spiro atoms. The van der Waals surface area contributed by atoms with Gasteiger partial charge in [0, 0.05) is 17.8 Å². The zero-order chi connectivity index (χ0) is 16.1. The van der Waals surface area contributed by atoms with Gasteiger partial charge in [0.05, 0.1) is 18.5 Å². The van der Waals surface area contributed by atoms with Gasteiger partial charge in [-0.3, -0.25) is 4.79 Å². The molecule has 0 aliphatic carbocycles. The lowest BCUT2D eigenvalue weighted by molar-refractivity contribution is -0.368. The van der Waals surface area contributed by atoms with Crippen LogP contribution in [0, 0.1) is 0 Å². The van der Waals surface area contributed by atoms with Gasteiger partial charge in [-0.05, 0) is 17.5 Å². The molecule has 0 atom stereocenters. The number of carbonyl (C=O) groups excluding carboxylic acids is 1. The van der Waals surface area contributed by atoms with Crippen molar-refractivity contribution in [1.29, 1.82) is 0 Å². The molecule has 2 aliphatic rings. The number of para-hydroxylation sites is 2. The van der Waals surface area contributed by atoms with E-state index in [0.29, 0.717) is 6.54 Å². The van der Waals surface area contributed by atoms with Crippen LogP contribution in [0.3, 0.4) is 0 Å². The third kappa shape index (κ3) is 1.80. The smallest absolute Gasteiger partial charge is 0.318 e. The van der Waals surface area contributed by atoms with Crippen LogP contribution < -0.4 is 5.32 Å². The van der Waals surface area contributed by atoms with E-state index in [-0.39, 0.29) is 5.91 Å². The quantitative estimate of drug-likeness (QED) is 0.726. The molecule has 5 rings (SSSR count). The number of hydrogen-bond acceptors (Lipinski definition) is 1. The SMILES string of the molecule is O=C1NCC(n2ccc3ccccc32)=C1[N+]1=CCc2ccccc21. The molecule has 2 aromatic carbocycles. The molecule has 0 saturated heterocycles. The summed E-state index contributed by atoms with van der Waals surface area (Å²) in [5.74, 6) is -0.0178. The maximum atomic E-state index is 12.6. The van der Waals surface area contributed by atoms with Gasteiger partial charge in [0.1, 0.15) is 5.70 Å². The van der Waals surface area contributed by atoms with E-state index in [4.69, 9.17) is 0 Å². The minimum absolute atomic E-state index is 0.0178. The highest BCUT2D eigenvalue weighted by Gasteiger charge is 2.38. The summed E-state index contributed by atoms with van der Waals surface area (Å²) in [6.07, 6.45) is 4.99. The fraction of sp³-hybridized carbons (Fsp3) is 0.100. The largest absolute Gasteiger partial charge is 0.341 e. The number of rotatable bonds is 2. The maximum Gasteiger partial charge on any atom is 0.318 e. The maximum absolute atomic E-state index is 12.6. The molecule has 4 heteroatoms. The van der Waals surface area contributed by atoms with Crippen molar-refractivity contribution in [2.75, 3.05) is 6.54 Å². The predicted octanol–water partition coefficient (Wildman–Crippen LogP) is 2.91. The van der Waals surface area contributed by atoms with Gasteiger partial charge in [-0.2, -0.15) is 4.58 Å². The summed E-state index contributed by atoms with van der Waals surface area (Å²) in [5, 5.41) is 4.16. The molecule has 0 saturated carbocycles. The first-order valence-electron chi connectivity index (χ1n) is 8.11. The summed E-state index contributed by atoms with van der Waals surface area (Å²) in [6, 6.07) is 18.6. The number of carbonyl (C=O) groups is 1. The van der Waals surface area contributed by atoms with Crippen molar-refractivity contribution in [2.45, 2.75) is 6.42 Å². The Bertz CT molecular complexity index is 1060. The first-order valence-corrected chi connectivity index (χ1v) is 8.11. The van der Waals surface area contributed by atoms with Gasteiger partial charge in [-0.25, -0.2) is 0 Å². The predicted molar refractivity (Wildman–Crippen MR) is 94.3 cm³/mol. The summed E-state index contributed by atoms with van der Waals surface area (Å²) in [6.45, 7) is 0.541. The highest BCUT2D eigenvalue weighted by Crippen LogP contribution is 2.31. The lowest BCUT2D eigenvalue weighted by Crippen LogP contribution is -2.21. The zero-order valence-corrected chi connectivity index (χ0v) is 13.1. The van der Waals surface area contributed by atoms with E-state index in [9.17, 15) is 4.79 Å². The number of hydrogen-bond donors (Lipinski definition) is 1. The first kappa shape index (κ1) is 13.3. The molecule has 1 N–H and O–H groups in total. The highest BCUT2D eigenvalue weighted by atomic mass is 16.2. The van der Waals surface area contributed by atoms with Crippen molar-refractivity contribution in [3.8, 4) is 0 Å². The van der Waals surface area contributed by atoms with Crippen LogP contribution in [-0.4, -0.2) is 27.8 Å². The number of amides is 1. The van der Waals surface area contributed by atoms with Gasteiger partial charge >= 0.3 is 5.91 Å². The third-order valence-corrected chi connectivity index (χ3v) is 4.78. The van der Waals surface area contributed by atoms with Gasteiger partial charge in [-0.15, -0.1) is 0 Å². The molecule has 0 unspecified atom stereocenters. The van der Waals surface area contributed by atoms with Crippen LogP contribution in [0.5, 0.6) is 0 Å². The lowest BCUT2D eigenvalue weighted by Gasteiger charge is -2.06. The molecular weight excluding hydrogens is 298 g/mol. The number of nitrogens with zero attached hydrogens (tertiary/aromatic N) is 2. The van der Waals surface area contributed by atoms with Gasteiger partial charge in [0.25, 0.3) is 5.70 Å². The number of benzene rings is 2. The van der Waals surface area contributed by atoms with Crippen LogP contribution in [0.25, 0.3) is 16.6 Å². The Kier molecular flexibility index (Phi) is 2.73. The minimum atomic E-state index is -0.0178. The van der Waals surface area contributed by atoms with Crippen molar-refractivity contribution in [3.63, 3.8) is 0 Å². The molecule has 0 bridgehead atoms. The first-order chi connectivity index (χ1) is 11.8. The van der Waals surface area contributed by atoms with E-state index in [1.165, 1.54) is 10.9 Å². The Morgan fingerprint density at radius 3 is 2.79 bits per heavy atom. The average Bonchev–Trinajstić information content (AvgIpc) is 3.31. The molecule has 116 valence electrons. The van der Waals surface area contributed by atoms with E-state index >= 15 is 0 Å². The van der Waals surface area contributed by atoms with E-state index in [0.717, 1.165) is 29.0 Å². The van der Waals surface area contributed by atoms with Crippen LogP contribution in [0.2, 0.25) is 0 Å². The number of fused-ring (bicyclic) bond motifs is 2. The third-order valence-electron chi connectivity index (χ3n) is 4.78. The van der Waals surface area contributed by atoms with Crippen LogP contribution >= 0.6 is 0 Å². The van der Waals surface area contributed by atoms with E-state index in [1.54, 1.807) is 0 Å². The minimum Gasteiger partial charge on any atom is -0.341 e. The average molecular weight is 314 g/mol. The Morgan fingerprint density at radius 1 is 1.00 bits per heavy atom. The van der Waals surface area contributed by atoms with Crippen molar-refractivity contribution in [1.82, 2.24) is 9.88 Å². The van der Waals surface area contributed by atoms with Crippen LogP contribution in [0.4, 0.5) is 5.69 Å². The zero-order valence-electron chi connectivity index (χ0n) is 13.1. The standard InChI is InChI=1S/C20H15N3O/c24-20-19(23-12-10-15-6-2-4-8-17(15)23)18(13-21-20)22-11-9-14-5-1-3-7-16(14)22/h1-9,11-12H,10,13H2/p+1. The molecule has 4 nitrogen and oxygen atoms in total. The van der Waals surface area contributed by atoms with Crippen molar-refractivity contribution >= 4 is 34.4 Å². The molecule has 2 aliphatic heterocycles. The molecule has 3 aromatic rings. The van der Waals surface area contributed by atoms with Gasteiger partial charge < -0.3 is 9.88 Å². The van der Waals surface area contributed by atoms with Crippen molar-refractivity contribution in [3.05, 3.63) is 72.1 Å². The van der Waals surface area contributed by atoms with Gasteiger partial charge in [0.2, 0.25) is 5.69 Å². The Labute approximate surface area is 139 Å². The second kappa shape index (κ2) is 4.93. The molecule has 0 fully saturated rings.